The van der Waals surface area contributed by atoms with E-state index in [0.29, 0.717) is 11.6 Å². The van der Waals surface area contributed by atoms with Crippen molar-refractivity contribution < 1.29 is 0 Å². The Morgan fingerprint density at radius 2 is 2.11 bits per heavy atom. The number of nitrogens with two attached hydrogens (primary N) is 1. The van der Waals surface area contributed by atoms with Crippen LogP contribution in [0.5, 0.6) is 0 Å². The molecule has 5 nitrogen and oxygen atoms in total. The molecule has 0 saturated heterocycles. The van der Waals surface area contributed by atoms with Crippen LogP contribution in [0.2, 0.25) is 0 Å². The molecule has 0 bridgehead atoms. The quantitative estimate of drug-likeness (QED) is 0.882. The zero-order chi connectivity index (χ0) is 13.2. The molecule has 1 aliphatic carbocycles. The summed E-state index contributed by atoms with van der Waals surface area (Å²) in [5.74, 6) is 1.50. The van der Waals surface area contributed by atoms with E-state index in [9.17, 15) is 0 Å². The number of hydrogen-bond acceptors (Lipinski definition) is 4. The van der Waals surface area contributed by atoms with E-state index in [-0.39, 0.29) is 0 Å². The van der Waals surface area contributed by atoms with Crippen molar-refractivity contribution in [3.63, 3.8) is 0 Å². The van der Waals surface area contributed by atoms with Gasteiger partial charge in [-0.15, -0.1) is 5.10 Å². The number of tetrazole rings is 1. The van der Waals surface area contributed by atoms with Crippen molar-refractivity contribution in [3.05, 3.63) is 22.7 Å². The molecule has 1 saturated carbocycles. The summed E-state index contributed by atoms with van der Waals surface area (Å²) in [6.45, 7) is 0.901. The van der Waals surface area contributed by atoms with E-state index in [1.54, 1.807) is 0 Å². The molecule has 1 aliphatic rings. The van der Waals surface area contributed by atoms with Crippen LogP contribution in [-0.4, -0.2) is 20.2 Å². The predicted octanol–water partition coefficient (Wildman–Crippen LogP) is 2.88. The van der Waals surface area contributed by atoms with E-state index in [4.69, 9.17) is 5.73 Å². The van der Waals surface area contributed by atoms with Crippen molar-refractivity contribution in [2.75, 3.05) is 5.73 Å². The lowest BCUT2D eigenvalue weighted by Crippen LogP contribution is -2.10. The highest BCUT2D eigenvalue weighted by atomic mass is 79.9. The molecule has 2 N–H and O–H groups in total. The van der Waals surface area contributed by atoms with Gasteiger partial charge in [-0.2, -0.15) is 0 Å². The Morgan fingerprint density at radius 1 is 1.32 bits per heavy atom. The minimum atomic E-state index is 0.702. The maximum Gasteiger partial charge on any atom is 0.182 e. The number of benzene rings is 1. The van der Waals surface area contributed by atoms with Gasteiger partial charge >= 0.3 is 0 Å². The van der Waals surface area contributed by atoms with Crippen LogP contribution in [0.15, 0.2) is 22.7 Å². The van der Waals surface area contributed by atoms with Gasteiger partial charge in [0.15, 0.2) is 5.82 Å². The van der Waals surface area contributed by atoms with Gasteiger partial charge < -0.3 is 5.73 Å². The maximum atomic E-state index is 5.92. The SMILES string of the molecule is Nc1cc(-c2nnnn2CC2CCCC2)ccc1Br. The van der Waals surface area contributed by atoms with Crippen LogP contribution in [0.3, 0.4) is 0 Å². The molecule has 0 unspecified atom stereocenters. The summed E-state index contributed by atoms with van der Waals surface area (Å²) in [6, 6.07) is 5.82. The second-order valence-electron chi connectivity index (χ2n) is 5.07. The third-order valence-electron chi connectivity index (χ3n) is 3.69. The minimum absolute atomic E-state index is 0.702. The average molecular weight is 322 g/mol. The van der Waals surface area contributed by atoms with Gasteiger partial charge in [-0.1, -0.05) is 12.8 Å². The van der Waals surface area contributed by atoms with Crippen molar-refractivity contribution in [3.8, 4) is 11.4 Å². The van der Waals surface area contributed by atoms with Crippen LogP contribution in [0, 0.1) is 5.92 Å². The van der Waals surface area contributed by atoms with Crippen LogP contribution in [0.1, 0.15) is 25.7 Å². The highest BCUT2D eigenvalue weighted by Crippen LogP contribution is 2.29. The molecule has 1 fully saturated rings. The molecule has 1 aromatic heterocycles. The Kier molecular flexibility index (Phi) is 3.50. The number of rotatable bonds is 3. The number of nitrogens with zero attached hydrogens (tertiary/aromatic N) is 4. The van der Waals surface area contributed by atoms with E-state index in [2.05, 4.69) is 31.5 Å². The summed E-state index contributed by atoms with van der Waals surface area (Å²) < 4.78 is 2.80. The Morgan fingerprint density at radius 3 is 2.84 bits per heavy atom. The number of hydrogen-bond donors (Lipinski definition) is 1. The van der Waals surface area contributed by atoms with Crippen LogP contribution >= 0.6 is 15.9 Å². The molecule has 0 radical (unpaired) electrons. The molecule has 6 heteroatoms. The Labute approximate surface area is 120 Å². The topological polar surface area (TPSA) is 69.6 Å². The van der Waals surface area contributed by atoms with Gasteiger partial charge in [-0.3, -0.25) is 0 Å². The smallest absolute Gasteiger partial charge is 0.182 e. The first-order valence-corrected chi connectivity index (χ1v) is 7.35. The van der Waals surface area contributed by atoms with Crippen molar-refractivity contribution in [2.24, 2.45) is 5.92 Å². The van der Waals surface area contributed by atoms with Crippen LogP contribution in [-0.2, 0) is 6.54 Å². The molecule has 1 heterocycles. The van der Waals surface area contributed by atoms with Crippen molar-refractivity contribution in [2.45, 2.75) is 32.2 Å². The first-order chi connectivity index (χ1) is 9.24. The van der Waals surface area contributed by atoms with Crippen LogP contribution in [0.4, 0.5) is 5.69 Å². The normalized spacial score (nSPS) is 16.1. The molecular weight excluding hydrogens is 306 g/mol. The molecule has 3 rings (SSSR count). The molecule has 100 valence electrons. The molecule has 19 heavy (non-hydrogen) atoms. The summed E-state index contributed by atoms with van der Waals surface area (Å²) >= 11 is 3.40. The Balaban J connectivity index is 1.87. The van der Waals surface area contributed by atoms with Crippen molar-refractivity contribution in [1.29, 1.82) is 0 Å². The fourth-order valence-electron chi connectivity index (χ4n) is 2.65. The summed E-state index contributed by atoms with van der Waals surface area (Å²) in [6.07, 6.45) is 5.21. The van der Waals surface area contributed by atoms with Gasteiger partial charge in [-0.25, -0.2) is 4.68 Å². The first kappa shape index (κ1) is 12.6. The monoisotopic (exact) mass is 321 g/mol. The first-order valence-electron chi connectivity index (χ1n) is 6.55. The molecule has 0 atom stereocenters. The summed E-state index contributed by atoms with van der Waals surface area (Å²) in [5.41, 5.74) is 7.58. The molecule has 0 spiro atoms. The van der Waals surface area contributed by atoms with Crippen LogP contribution < -0.4 is 5.73 Å². The fraction of sp³-hybridized carbons (Fsp3) is 0.462. The third kappa shape index (κ3) is 2.63. The maximum absolute atomic E-state index is 5.92. The standard InChI is InChI=1S/C13H16BrN5/c14-11-6-5-10(7-12(11)15)13-16-17-18-19(13)8-9-3-1-2-4-9/h5-7,9H,1-4,8,15H2. The van der Waals surface area contributed by atoms with Gasteiger partial charge in [0.2, 0.25) is 0 Å². The summed E-state index contributed by atoms with van der Waals surface area (Å²) in [5, 5.41) is 12.0. The molecular formula is C13H16BrN5. The predicted molar refractivity (Wildman–Crippen MR) is 77.3 cm³/mol. The highest BCUT2D eigenvalue weighted by Gasteiger charge is 2.18. The van der Waals surface area contributed by atoms with E-state index in [0.717, 1.165) is 22.4 Å². The minimum Gasteiger partial charge on any atom is -0.398 e. The second-order valence-corrected chi connectivity index (χ2v) is 5.93. The summed E-state index contributed by atoms with van der Waals surface area (Å²) in [7, 11) is 0. The summed E-state index contributed by atoms with van der Waals surface area (Å²) in [4.78, 5) is 0. The van der Waals surface area contributed by atoms with E-state index in [1.165, 1.54) is 25.7 Å². The third-order valence-corrected chi connectivity index (χ3v) is 4.41. The fourth-order valence-corrected chi connectivity index (χ4v) is 2.90. The Hall–Kier alpha value is -1.43. The molecule has 2 aromatic rings. The van der Waals surface area contributed by atoms with Crippen LogP contribution in [0.25, 0.3) is 11.4 Å². The number of halogens is 1. The van der Waals surface area contributed by atoms with Gasteiger partial charge in [0.1, 0.15) is 0 Å². The van der Waals surface area contributed by atoms with E-state index in [1.807, 2.05) is 22.9 Å². The van der Waals surface area contributed by atoms with E-state index >= 15 is 0 Å². The van der Waals surface area contributed by atoms with Gasteiger partial charge in [0.25, 0.3) is 0 Å². The largest absolute Gasteiger partial charge is 0.398 e. The van der Waals surface area contributed by atoms with Gasteiger partial charge in [0.05, 0.1) is 0 Å². The molecule has 1 aromatic carbocycles. The number of aromatic nitrogens is 4. The number of anilines is 1. The zero-order valence-corrected chi connectivity index (χ0v) is 12.2. The lowest BCUT2D eigenvalue weighted by atomic mass is 10.1. The van der Waals surface area contributed by atoms with Gasteiger partial charge in [-0.05, 0) is 63.3 Å². The van der Waals surface area contributed by atoms with Crippen molar-refractivity contribution >= 4 is 21.6 Å². The lowest BCUT2D eigenvalue weighted by molar-refractivity contribution is 0.424. The molecule has 0 amide bonds. The van der Waals surface area contributed by atoms with Crippen molar-refractivity contribution in [1.82, 2.24) is 20.2 Å². The van der Waals surface area contributed by atoms with E-state index < -0.39 is 0 Å². The lowest BCUT2D eigenvalue weighted by Gasteiger charge is -2.10. The molecule has 0 aliphatic heterocycles. The van der Waals surface area contributed by atoms with Gasteiger partial charge in [0, 0.05) is 22.3 Å². The number of nitrogen functional groups attached to an aromatic ring is 1. The zero-order valence-electron chi connectivity index (χ0n) is 10.6. The Bertz CT molecular complexity index is 574. The average Bonchev–Trinajstić information content (AvgIpc) is 3.05. The second kappa shape index (κ2) is 5.28. The highest BCUT2D eigenvalue weighted by molar-refractivity contribution is 9.10.